The minimum absolute atomic E-state index is 0.189. The first-order valence-electron chi connectivity index (χ1n) is 4.86. The van der Waals surface area contributed by atoms with Gasteiger partial charge in [-0.2, -0.15) is 10.1 Å². The molecule has 1 aromatic carbocycles. The summed E-state index contributed by atoms with van der Waals surface area (Å²) in [5.41, 5.74) is 1.76. The summed E-state index contributed by atoms with van der Waals surface area (Å²) >= 11 is 0. The van der Waals surface area contributed by atoms with Crippen molar-refractivity contribution < 1.29 is 9.53 Å². The van der Waals surface area contributed by atoms with E-state index < -0.39 is 0 Å². The van der Waals surface area contributed by atoms with Crippen molar-refractivity contribution in [3.8, 4) is 5.75 Å². The van der Waals surface area contributed by atoms with Crippen LogP contribution in [-0.4, -0.2) is 18.7 Å². The van der Waals surface area contributed by atoms with Crippen LogP contribution < -0.4 is 9.75 Å². The van der Waals surface area contributed by atoms with Crippen LogP contribution in [0.5, 0.6) is 5.75 Å². The standard InChI is InChI=1S/C12H12N2O2/c1-8-9(2)13-14(12(8)15)10-5-4-6-11(7-10)16-3/h4-7H,1H2,2-3H3. The monoisotopic (exact) mass is 216 g/mol. The minimum Gasteiger partial charge on any atom is -0.497 e. The van der Waals surface area contributed by atoms with Crippen LogP contribution in [0.2, 0.25) is 0 Å². The fourth-order valence-electron chi connectivity index (χ4n) is 1.46. The number of carbonyl (C=O) groups is 1. The Labute approximate surface area is 93.8 Å². The van der Waals surface area contributed by atoms with Crippen LogP contribution in [0, 0.1) is 0 Å². The van der Waals surface area contributed by atoms with Crippen LogP contribution >= 0.6 is 0 Å². The number of nitrogens with zero attached hydrogens (tertiary/aromatic N) is 2. The van der Waals surface area contributed by atoms with E-state index in [1.165, 1.54) is 5.01 Å². The number of hydrazone groups is 1. The van der Waals surface area contributed by atoms with Crippen LogP contribution in [0.4, 0.5) is 5.69 Å². The Morgan fingerprint density at radius 3 is 2.75 bits per heavy atom. The number of hydrogen-bond acceptors (Lipinski definition) is 3. The van der Waals surface area contributed by atoms with E-state index in [0.29, 0.717) is 22.7 Å². The van der Waals surface area contributed by atoms with Gasteiger partial charge < -0.3 is 4.74 Å². The summed E-state index contributed by atoms with van der Waals surface area (Å²) in [6, 6.07) is 7.19. The van der Waals surface area contributed by atoms with Gasteiger partial charge in [0.15, 0.2) is 0 Å². The molecule has 16 heavy (non-hydrogen) atoms. The van der Waals surface area contributed by atoms with Gasteiger partial charge in [-0.1, -0.05) is 12.6 Å². The molecule has 0 aliphatic carbocycles. The van der Waals surface area contributed by atoms with E-state index >= 15 is 0 Å². The lowest BCUT2D eigenvalue weighted by Gasteiger charge is -2.12. The lowest BCUT2D eigenvalue weighted by molar-refractivity contribution is -0.114. The third-order valence-corrected chi connectivity index (χ3v) is 2.44. The maximum absolute atomic E-state index is 11.8. The van der Waals surface area contributed by atoms with E-state index in [4.69, 9.17) is 4.74 Å². The highest BCUT2D eigenvalue weighted by atomic mass is 16.5. The first kappa shape index (κ1) is 10.4. The molecule has 0 saturated heterocycles. The molecule has 4 nitrogen and oxygen atoms in total. The summed E-state index contributed by atoms with van der Waals surface area (Å²) in [6.45, 7) is 5.45. The third kappa shape index (κ3) is 1.58. The van der Waals surface area contributed by atoms with Crippen molar-refractivity contribution in [1.82, 2.24) is 0 Å². The number of benzene rings is 1. The molecule has 2 rings (SSSR count). The van der Waals surface area contributed by atoms with Gasteiger partial charge in [-0.15, -0.1) is 0 Å². The largest absolute Gasteiger partial charge is 0.497 e. The zero-order valence-corrected chi connectivity index (χ0v) is 9.23. The molecule has 0 bridgehead atoms. The second-order valence-corrected chi connectivity index (χ2v) is 3.48. The van der Waals surface area contributed by atoms with Crippen molar-refractivity contribution in [3.63, 3.8) is 0 Å². The summed E-state index contributed by atoms with van der Waals surface area (Å²) in [5, 5.41) is 5.48. The molecule has 1 aromatic rings. The molecule has 4 heteroatoms. The van der Waals surface area contributed by atoms with Crippen LogP contribution in [-0.2, 0) is 4.79 Å². The Kier molecular flexibility index (Phi) is 2.48. The van der Waals surface area contributed by atoms with Gasteiger partial charge in [0.05, 0.1) is 24.1 Å². The summed E-state index contributed by atoms with van der Waals surface area (Å²) < 4.78 is 5.09. The molecule has 0 aromatic heterocycles. The summed E-state index contributed by atoms with van der Waals surface area (Å²) in [4.78, 5) is 11.8. The van der Waals surface area contributed by atoms with Gasteiger partial charge in [0.2, 0.25) is 0 Å². The SMILES string of the molecule is C=C1C(=O)N(c2cccc(OC)c2)N=C1C. The molecule has 0 saturated carbocycles. The Morgan fingerprint density at radius 1 is 1.44 bits per heavy atom. The fourth-order valence-corrected chi connectivity index (χ4v) is 1.46. The lowest BCUT2D eigenvalue weighted by Crippen LogP contribution is -2.20. The van der Waals surface area contributed by atoms with Crippen LogP contribution in [0.1, 0.15) is 6.92 Å². The molecule has 0 atom stereocenters. The molecule has 0 unspecified atom stereocenters. The van der Waals surface area contributed by atoms with Gasteiger partial charge in [0.1, 0.15) is 5.75 Å². The van der Waals surface area contributed by atoms with Crippen molar-refractivity contribution in [2.24, 2.45) is 5.10 Å². The number of carbonyl (C=O) groups excluding carboxylic acids is 1. The Morgan fingerprint density at radius 2 is 2.19 bits per heavy atom. The number of anilines is 1. The topological polar surface area (TPSA) is 41.9 Å². The molecule has 1 aliphatic heterocycles. The highest BCUT2D eigenvalue weighted by Gasteiger charge is 2.26. The van der Waals surface area contributed by atoms with Gasteiger partial charge in [0, 0.05) is 6.07 Å². The van der Waals surface area contributed by atoms with Gasteiger partial charge in [0.25, 0.3) is 5.91 Å². The quantitative estimate of drug-likeness (QED) is 0.709. The minimum atomic E-state index is -0.189. The predicted molar refractivity (Wildman–Crippen MR) is 62.7 cm³/mol. The average molecular weight is 216 g/mol. The van der Waals surface area contributed by atoms with E-state index in [9.17, 15) is 4.79 Å². The van der Waals surface area contributed by atoms with E-state index in [0.717, 1.165) is 0 Å². The maximum atomic E-state index is 11.8. The van der Waals surface area contributed by atoms with Crippen molar-refractivity contribution in [1.29, 1.82) is 0 Å². The van der Waals surface area contributed by atoms with E-state index in [-0.39, 0.29) is 5.91 Å². The number of hydrogen-bond donors (Lipinski definition) is 0. The predicted octanol–water partition coefficient (Wildman–Crippen LogP) is 1.97. The van der Waals surface area contributed by atoms with Crippen molar-refractivity contribution in [3.05, 3.63) is 36.4 Å². The van der Waals surface area contributed by atoms with E-state index in [1.807, 2.05) is 12.1 Å². The lowest BCUT2D eigenvalue weighted by atomic mass is 10.2. The van der Waals surface area contributed by atoms with E-state index in [1.54, 1.807) is 26.2 Å². The molecule has 1 amide bonds. The smallest absolute Gasteiger partial charge is 0.280 e. The zero-order chi connectivity index (χ0) is 11.7. The Hall–Kier alpha value is -2.10. The zero-order valence-electron chi connectivity index (χ0n) is 9.23. The molecule has 0 fully saturated rings. The Bertz CT molecular complexity index is 492. The number of rotatable bonds is 2. The second kappa shape index (κ2) is 3.81. The van der Waals surface area contributed by atoms with Crippen LogP contribution in [0.3, 0.4) is 0 Å². The summed E-state index contributed by atoms with van der Waals surface area (Å²) in [6.07, 6.45) is 0. The molecule has 0 N–H and O–H groups in total. The van der Waals surface area contributed by atoms with Gasteiger partial charge in [-0.3, -0.25) is 4.79 Å². The van der Waals surface area contributed by atoms with Gasteiger partial charge in [-0.25, -0.2) is 0 Å². The molecule has 1 heterocycles. The number of methoxy groups -OCH3 is 1. The van der Waals surface area contributed by atoms with Crippen molar-refractivity contribution in [2.75, 3.05) is 12.1 Å². The first-order chi connectivity index (χ1) is 7.63. The molecule has 0 radical (unpaired) electrons. The number of ether oxygens (including phenoxy) is 1. The van der Waals surface area contributed by atoms with E-state index in [2.05, 4.69) is 11.7 Å². The maximum Gasteiger partial charge on any atom is 0.280 e. The van der Waals surface area contributed by atoms with Crippen molar-refractivity contribution >= 4 is 17.3 Å². The molecule has 1 aliphatic rings. The van der Waals surface area contributed by atoms with Crippen LogP contribution in [0.25, 0.3) is 0 Å². The van der Waals surface area contributed by atoms with Crippen molar-refractivity contribution in [2.45, 2.75) is 6.92 Å². The molecule has 0 spiro atoms. The molecular weight excluding hydrogens is 204 g/mol. The summed E-state index contributed by atoms with van der Waals surface area (Å²) in [7, 11) is 1.58. The number of amides is 1. The Balaban J connectivity index is 2.38. The normalized spacial score (nSPS) is 15.4. The third-order valence-electron chi connectivity index (χ3n) is 2.44. The first-order valence-corrected chi connectivity index (χ1v) is 4.86. The molecular formula is C12H12N2O2. The second-order valence-electron chi connectivity index (χ2n) is 3.48. The average Bonchev–Trinajstić information content (AvgIpc) is 2.57. The summed E-state index contributed by atoms with van der Waals surface area (Å²) in [5.74, 6) is 0.501. The highest BCUT2D eigenvalue weighted by molar-refractivity contribution is 6.29. The molecule has 82 valence electrons. The fraction of sp³-hybridized carbons (Fsp3) is 0.167. The van der Waals surface area contributed by atoms with Gasteiger partial charge in [-0.05, 0) is 19.1 Å². The van der Waals surface area contributed by atoms with Crippen LogP contribution in [0.15, 0.2) is 41.5 Å². The van der Waals surface area contributed by atoms with Gasteiger partial charge >= 0.3 is 0 Å². The highest BCUT2D eigenvalue weighted by Crippen LogP contribution is 2.25.